The first-order chi connectivity index (χ1) is 9.66. The van der Waals surface area contributed by atoms with E-state index in [2.05, 4.69) is 5.32 Å². The lowest BCUT2D eigenvalue weighted by atomic mass is 9.79. The van der Waals surface area contributed by atoms with Crippen LogP contribution in [-0.2, 0) is 11.2 Å². The molecule has 1 aliphatic carbocycles. The Morgan fingerprint density at radius 2 is 2.10 bits per heavy atom. The molecule has 4 heteroatoms. The van der Waals surface area contributed by atoms with E-state index >= 15 is 0 Å². The van der Waals surface area contributed by atoms with Gasteiger partial charge in [0.15, 0.2) is 0 Å². The average Bonchev–Trinajstić information content (AvgIpc) is 2.80. The SMILES string of the molecule is CC(Cc1ccco1)NC(=O)C1(CN)CCCCCC1. The van der Waals surface area contributed by atoms with Crippen LogP contribution in [0.2, 0.25) is 0 Å². The minimum Gasteiger partial charge on any atom is -0.469 e. The molecule has 1 atom stereocenters. The van der Waals surface area contributed by atoms with Crippen molar-refractivity contribution in [2.75, 3.05) is 6.54 Å². The molecule has 0 spiro atoms. The van der Waals surface area contributed by atoms with E-state index in [9.17, 15) is 4.79 Å². The van der Waals surface area contributed by atoms with E-state index in [1.165, 1.54) is 12.8 Å². The highest BCUT2D eigenvalue weighted by Gasteiger charge is 2.37. The summed E-state index contributed by atoms with van der Waals surface area (Å²) in [6.45, 7) is 2.47. The summed E-state index contributed by atoms with van der Waals surface area (Å²) in [5.74, 6) is 1.03. The molecule has 1 aromatic rings. The molecule has 0 aliphatic heterocycles. The fraction of sp³-hybridized carbons (Fsp3) is 0.688. The summed E-state index contributed by atoms with van der Waals surface area (Å²) in [5, 5.41) is 3.13. The van der Waals surface area contributed by atoms with Crippen molar-refractivity contribution in [1.82, 2.24) is 5.32 Å². The number of carbonyl (C=O) groups is 1. The lowest BCUT2D eigenvalue weighted by Crippen LogP contribution is -2.48. The number of nitrogens with two attached hydrogens (primary N) is 1. The standard InChI is InChI=1S/C16H26N2O2/c1-13(11-14-7-6-10-20-14)18-15(19)16(12-17)8-4-2-3-5-9-16/h6-7,10,13H,2-5,8-9,11-12,17H2,1H3,(H,18,19). The molecule has 0 aromatic carbocycles. The Balaban J connectivity index is 1.94. The summed E-state index contributed by atoms with van der Waals surface area (Å²) in [5.41, 5.74) is 5.59. The van der Waals surface area contributed by atoms with E-state index in [0.717, 1.165) is 37.9 Å². The van der Waals surface area contributed by atoms with Crippen molar-refractivity contribution in [2.24, 2.45) is 11.1 Å². The lowest BCUT2D eigenvalue weighted by molar-refractivity contribution is -0.132. The van der Waals surface area contributed by atoms with Gasteiger partial charge in [-0.15, -0.1) is 0 Å². The maximum absolute atomic E-state index is 12.6. The Bertz CT molecular complexity index is 406. The second kappa shape index (κ2) is 6.93. The lowest BCUT2D eigenvalue weighted by Gasteiger charge is -2.31. The van der Waals surface area contributed by atoms with Crippen LogP contribution in [0.4, 0.5) is 0 Å². The monoisotopic (exact) mass is 278 g/mol. The van der Waals surface area contributed by atoms with Crippen LogP contribution in [0.1, 0.15) is 51.2 Å². The molecule has 1 unspecified atom stereocenters. The van der Waals surface area contributed by atoms with E-state index in [0.29, 0.717) is 6.54 Å². The summed E-state index contributed by atoms with van der Waals surface area (Å²) in [6, 6.07) is 3.88. The van der Waals surface area contributed by atoms with E-state index < -0.39 is 0 Å². The second-order valence-corrected chi connectivity index (χ2v) is 6.06. The largest absolute Gasteiger partial charge is 0.469 e. The van der Waals surface area contributed by atoms with Gasteiger partial charge in [-0.3, -0.25) is 4.79 Å². The van der Waals surface area contributed by atoms with Crippen molar-refractivity contribution < 1.29 is 9.21 Å². The molecule has 1 amide bonds. The molecular weight excluding hydrogens is 252 g/mol. The molecule has 112 valence electrons. The van der Waals surface area contributed by atoms with Gasteiger partial charge < -0.3 is 15.5 Å². The van der Waals surface area contributed by atoms with Gasteiger partial charge in [0.25, 0.3) is 0 Å². The van der Waals surface area contributed by atoms with Gasteiger partial charge in [-0.25, -0.2) is 0 Å². The normalized spacial score (nSPS) is 20.1. The number of hydrogen-bond donors (Lipinski definition) is 2. The molecule has 1 aromatic heterocycles. The smallest absolute Gasteiger partial charge is 0.227 e. The molecule has 2 rings (SSSR count). The topological polar surface area (TPSA) is 68.3 Å². The van der Waals surface area contributed by atoms with Gasteiger partial charge in [0.05, 0.1) is 11.7 Å². The third-order valence-corrected chi connectivity index (χ3v) is 4.40. The minimum absolute atomic E-state index is 0.0697. The molecule has 1 fully saturated rings. The number of furan rings is 1. The van der Waals surface area contributed by atoms with E-state index in [4.69, 9.17) is 10.2 Å². The number of carbonyl (C=O) groups excluding carboxylic acids is 1. The fourth-order valence-corrected chi connectivity index (χ4v) is 3.09. The number of hydrogen-bond acceptors (Lipinski definition) is 3. The van der Waals surface area contributed by atoms with E-state index in [1.807, 2.05) is 19.1 Å². The van der Waals surface area contributed by atoms with Crippen molar-refractivity contribution in [3.05, 3.63) is 24.2 Å². The van der Waals surface area contributed by atoms with Crippen LogP contribution in [-0.4, -0.2) is 18.5 Å². The van der Waals surface area contributed by atoms with Crippen LogP contribution in [0.15, 0.2) is 22.8 Å². The molecule has 0 bridgehead atoms. The highest BCUT2D eigenvalue weighted by atomic mass is 16.3. The second-order valence-electron chi connectivity index (χ2n) is 6.06. The van der Waals surface area contributed by atoms with Crippen molar-refractivity contribution in [2.45, 2.75) is 57.9 Å². The highest BCUT2D eigenvalue weighted by molar-refractivity contribution is 5.83. The average molecular weight is 278 g/mol. The minimum atomic E-state index is -0.353. The summed E-state index contributed by atoms with van der Waals surface area (Å²) in [4.78, 5) is 12.6. The molecule has 4 nitrogen and oxygen atoms in total. The van der Waals surface area contributed by atoms with Gasteiger partial charge >= 0.3 is 0 Å². The molecule has 0 saturated heterocycles. The summed E-state index contributed by atoms with van der Waals surface area (Å²) in [6.07, 6.45) is 8.88. The first kappa shape index (κ1) is 15.1. The van der Waals surface area contributed by atoms with Gasteiger partial charge in [-0.1, -0.05) is 25.7 Å². The number of rotatable bonds is 5. The quantitative estimate of drug-likeness (QED) is 0.814. The molecule has 1 aliphatic rings. The van der Waals surface area contributed by atoms with Crippen LogP contribution in [0.5, 0.6) is 0 Å². The molecule has 20 heavy (non-hydrogen) atoms. The van der Waals surface area contributed by atoms with Crippen LogP contribution in [0.25, 0.3) is 0 Å². The summed E-state index contributed by atoms with van der Waals surface area (Å²) in [7, 11) is 0. The molecule has 0 radical (unpaired) electrons. The van der Waals surface area contributed by atoms with Gasteiger partial charge in [-0.2, -0.15) is 0 Å². The van der Waals surface area contributed by atoms with Crippen LogP contribution < -0.4 is 11.1 Å². The van der Waals surface area contributed by atoms with Crippen molar-refractivity contribution in [3.63, 3.8) is 0 Å². The number of nitrogens with one attached hydrogen (secondary N) is 1. The van der Waals surface area contributed by atoms with Crippen molar-refractivity contribution in [1.29, 1.82) is 0 Å². The van der Waals surface area contributed by atoms with Crippen LogP contribution in [0, 0.1) is 5.41 Å². The van der Waals surface area contributed by atoms with Crippen LogP contribution in [0.3, 0.4) is 0 Å². The fourth-order valence-electron chi connectivity index (χ4n) is 3.09. The Labute approximate surface area is 121 Å². The van der Waals surface area contributed by atoms with Crippen molar-refractivity contribution >= 4 is 5.91 Å². The first-order valence-electron chi connectivity index (χ1n) is 7.70. The van der Waals surface area contributed by atoms with Crippen molar-refractivity contribution in [3.8, 4) is 0 Å². The maximum Gasteiger partial charge on any atom is 0.227 e. The summed E-state index contributed by atoms with van der Waals surface area (Å²) >= 11 is 0. The van der Waals surface area contributed by atoms with E-state index in [1.54, 1.807) is 6.26 Å². The zero-order valence-corrected chi connectivity index (χ0v) is 12.4. The predicted molar refractivity (Wildman–Crippen MR) is 79.2 cm³/mol. The van der Waals surface area contributed by atoms with Gasteiger partial charge in [0, 0.05) is 19.0 Å². The third kappa shape index (κ3) is 3.63. The van der Waals surface area contributed by atoms with Gasteiger partial charge in [-0.05, 0) is 31.9 Å². The summed E-state index contributed by atoms with van der Waals surface area (Å²) < 4.78 is 5.33. The van der Waals surface area contributed by atoms with Gasteiger partial charge in [0.2, 0.25) is 5.91 Å². The Morgan fingerprint density at radius 3 is 2.65 bits per heavy atom. The van der Waals surface area contributed by atoms with Crippen LogP contribution >= 0.6 is 0 Å². The third-order valence-electron chi connectivity index (χ3n) is 4.40. The maximum atomic E-state index is 12.6. The van der Waals surface area contributed by atoms with Gasteiger partial charge in [0.1, 0.15) is 5.76 Å². The van der Waals surface area contributed by atoms with E-state index in [-0.39, 0.29) is 17.4 Å². The Kier molecular flexibility index (Phi) is 5.24. The highest BCUT2D eigenvalue weighted by Crippen LogP contribution is 2.34. The Morgan fingerprint density at radius 1 is 1.40 bits per heavy atom. The molecule has 1 saturated carbocycles. The Hall–Kier alpha value is -1.29. The predicted octanol–water partition coefficient (Wildman–Crippen LogP) is 2.63. The number of amides is 1. The first-order valence-corrected chi connectivity index (χ1v) is 7.70. The molecular formula is C16H26N2O2. The molecule has 1 heterocycles. The molecule has 3 N–H and O–H groups in total. The zero-order valence-electron chi connectivity index (χ0n) is 12.4. The zero-order chi connectivity index (χ0) is 14.4.